The molecule has 4 heterocycles. The molecule has 2 aliphatic heterocycles. The van der Waals surface area contributed by atoms with Crippen molar-refractivity contribution in [1.29, 1.82) is 0 Å². The molecule has 122 valence electrons. The number of nitrogens with zero attached hydrogens (tertiary/aromatic N) is 2. The monoisotopic (exact) mass is 337 g/mol. The molecule has 4 nitrogen and oxygen atoms in total. The molecule has 5 rings (SSSR count). The number of thiophene rings is 1. The van der Waals surface area contributed by atoms with Crippen molar-refractivity contribution in [3.8, 4) is 0 Å². The van der Waals surface area contributed by atoms with Crippen LogP contribution < -0.4 is 5.32 Å². The number of hydrogen-bond donors (Lipinski definition) is 1. The summed E-state index contributed by atoms with van der Waals surface area (Å²) in [6, 6.07) is 10.5. The highest BCUT2D eigenvalue weighted by molar-refractivity contribution is 7.25. The molecule has 2 aromatic heterocycles. The van der Waals surface area contributed by atoms with Crippen LogP contribution in [0.25, 0.3) is 20.2 Å². The lowest BCUT2D eigenvalue weighted by Gasteiger charge is -2.30. The van der Waals surface area contributed by atoms with Crippen LogP contribution in [0.3, 0.4) is 0 Å². The highest BCUT2D eigenvalue weighted by atomic mass is 32.1. The number of rotatable bonds is 2. The van der Waals surface area contributed by atoms with Gasteiger partial charge in [-0.2, -0.15) is 0 Å². The van der Waals surface area contributed by atoms with E-state index in [2.05, 4.69) is 27.3 Å². The number of carbonyl (C=O) groups excluding carboxylic acids is 1. The van der Waals surface area contributed by atoms with Crippen molar-refractivity contribution in [3.05, 3.63) is 42.2 Å². The Morgan fingerprint density at radius 2 is 2.12 bits per heavy atom. The van der Waals surface area contributed by atoms with Gasteiger partial charge in [-0.15, -0.1) is 11.3 Å². The van der Waals surface area contributed by atoms with E-state index in [9.17, 15) is 4.79 Å². The van der Waals surface area contributed by atoms with Gasteiger partial charge < -0.3 is 10.2 Å². The fraction of sp³-hybridized carbons (Fsp3) is 0.368. The zero-order chi connectivity index (χ0) is 16.1. The van der Waals surface area contributed by atoms with Gasteiger partial charge in [0.05, 0.1) is 0 Å². The van der Waals surface area contributed by atoms with Crippen LogP contribution in [-0.2, 0) is 0 Å². The number of pyridine rings is 1. The first-order valence-corrected chi connectivity index (χ1v) is 9.38. The Labute approximate surface area is 144 Å². The van der Waals surface area contributed by atoms with Crippen LogP contribution in [0.15, 0.2) is 36.5 Å². The second-order valence-electron chi connectivity index (χ2n) is 6.98. The summed E-state index contributed by atoms with van der Waals surface area (Å²) in [6.07, 6.45) is 4.23. The first-order chi connectivity index (χ1) is 11.8. The zero-order valence-electron chi connectivity index (χ0n) is 13.4. The predicted molar refractivity (Wildman–Crippen MR) is 97.5 cm³/mol. The summed E-state index contributed by atoms with van der Waals surface area (Å²) in [7, 11) is 0. The van der Waals surface area contributed by atoms with Gasteiger partial charge in [0.25, 0.3) is 5.91 Å². The molecule has 3 atom stereocenters. The summed E-state index contributed by atoms with van der Waals surface area (Å²) >= 11 is 1.72. The Morgan fingerprint density at radius 1 is 1.21 bits per heavy atom. The second kappa shape index (κ2) is 5.53. The van der Waals surface area contributed by atoms with Crippen LogP contribution in [-0.4, -0.2) is 41.5 Å². The average Bonchev–Trinajstić information content (AvgIpc) is 3.13. The van der Waals surface area contributed by atoms with E-state index in [1.807, 2.05) is 24.4 Å². The van der Waals surface area contributed by atoms with Crippen LogP contribution in [0.5, 0.6) is 0 Å². The number of aromatic nitrogens is 1. The molecule has 0 spiro atoms. The van der Waals surface area contributed by atoms with Gasteiger partial charge in [-0.3, -0.25) is 9.78 Å². The number of hydrogen-bond acceptors (Lipinski definition) is 4. The van der Waals surface area contributed by atoms with Crippen LogP contribution in [0.1, 0.15) is 23.3 Å². The van der Waals surface area contributed by atoms with Gasteiger partial charge in [0.2, 0.25) is 0 Å². The van der Waals surface area contributed by atoms with Crippen LogP contribution >= 0.6 is 11.3 Å². The molecule has 24 heavy (non-hydrogen) atoms. The lowest BCUT2D eigenvalue weighted by Crippen LogP contribution is -2.47. The van der Waals surface area contributed by atoms with Crippen molar-refractivity contribution in [3.63, 3.8) is 0 Å². The van der Waals surface area contributed by atoms with E-state index < -0.39 is 0 Å². The number of benzene rings is 1. The van der Waals surface area contributed by atoms with Crippen molar-refractivity contribution in [1.82, 2.24) is 15.2 Å². The number of fused-ring (bicyclic) bond motifs is 5. The Balaban J connectivity index is 1.41. The van der Waals surface area contributed by atoms with E-state index in [4.69, 9.17) is 0 Å². The minimum atomic E-state index is -0.0399. The van der Waals surface area contributed by atoms with Crippen LogP contribution in [0.2, 0.25) is 0 Å². The van der Waals surface area contributed by atoms with Gasteiger partial charge in [0.1, 0.15) is 5.69 Å². The highest BCUT2D eigenvalue weighted by Gasteiger charge is 2.33. The fourth-order valence-electron chi connectivity index (χ4n) is 4.17. The van der Waals surface area contributed by atoms with Gasteiger partial charge >= 0.3 is 0 Å². The Hall–Kier alpha value is -1.98. The van der Waals surface area contributed by atoms with E-state index in [1.54, 1.807) is 11.3 Å². The second-order valence-corrected chi connectivity index (χ2v) is 8.07. The molecule has 2 fully saturated rings. The molecule has 1 aromatic carbocycles. The summed E-state index contributed by atoms with van der Waals surface area (Å²) in [5.74, 6) is 0.712. The van der Waals surface area contributed by atoms with E-state index in [0.717, 1.165) is 29.0 Å². The number of nitrogens with one attached hydrogen (secondary N) is 1. The Morgan fingerprint density at radius 3 is 3.04 bits per heavy atom. The van der Waals surface area contributed by atoms with Crippen molar-refractivity contribution >= 4 is 37.4 Å². The molecule has 0 radical (unpaired) electrons. The van der Waals surface area contributed by atoms with Crippen molar-refractivity contribution < 1.29 is 4.79 Å². The van der Waals surface area contributed by atoms with Gasteiger partial charge in [-0.25, -0.2) is 0 Å². The smallest absolute Gasteiger partial charge is 0.270 e. The summed E-state index contributed by atoms with van der Waals surface area (Å²) in [5.41, 5.74) is 0.530. The number of piperidine rings is 1. The number of amides is 1. The minimum absolute atomic E-state index is 0.0399. The molecule has 1 unspecified atom stereocenters. The molecule has 2 bridgehead atoms. The van der Waals surface area contributed by atoms with Crippen LogP contribution in [0.4, 0.5) is 0 Å². The maximum Gasteiger partial charge on any atom is 0.270 e. The molecule has 1 N–H and O–H groups in total. The SMILES string of the molecule is O=C(N[C@@H]1C[C@H]2CCN(C2)C1)c1cc2sc3ccccc3c2cn1. The molecule has 2 aliphatic rings. The third kappa shape index (κ3) is 2.39. The summed E-state index contributed by atoms with van der Waals surface area (Å²) in [4.78, 5) is 19.5. The molecule has 1 amide bonds. The Bertz CT molecular complexity index is 923. The summed E-state index contributed by atoms with van der Waals surface area (Å²) < 4.78 is 2.37. The predicted octanol–water partition coefficient (Wildman–Crippen LogP) is 3.27. The van der Waals surface area contributed by atoms with E-state index in [0.29, 0.717) is 5.69 Å². The quantitative estimate of drug-likeness (QED) is 0.780. The van der Waals surface area contributed by atoms with Gasteiger partial charge in [-0.05, 0) is 37.4 Å². The average molecular weight is 337 g/mol. The molecular weight excluding hydrogens is 318 g/mol. The molecule has 2 saturated heterocycles. The van der Waals surface area contributed by atoms with Crippen molar-refractivity contribution in [2.75, 3.05) is 19.6 Å². The van der Waals surface area contributed by atoms with Crippen LogP contribution in [0, 0.1) is 5.92 Å². The van der Waals surface area contributed by atoms with Gasteiger partial charge in [-0.1, -0.05) is 18.2 Å². The third-order valence-corrected chi connectivity index (χ3v) is 6.43. The first kappa shape index (κ1) is 14.4. The lowest BCUT2D eigenvalue weighted by atomic mass is 9.97. The lowest BCUT2D eigenvalue weighted by molar-refractivity contribution is 0.0904. The van der Waals surface area contributed by atoms with E-state index >= 15 is 0 Å². The molecule has 5 heteroatoms. The fourth-order valence-corrected chi connectivity index (χ4v) is 5.28. The topological polar surface area (TPSA) is 45.2 Å². The number of carbonyl (C=O) groups is 1. The maximum atomic E-state index is 12.6. The third-order valence-electron chi connectivity index (χ3n) is 5.30. The Kier molecular flexibility index (Phi) is 3.31. The minimum Gasteiger partial charge on any atom is -0.347 e. The molecule has 3 aromatic rings. The standard InChI is InChI=1S/C19H19N3OS/c23-19(21-13-7-12-5-6-22(10-12)11-13)16-8-18-15(9-20-16)14-3-1-2-4-17(14)24-18/h1-4,8-9,12-13H,5-7,10-11H2,(H,21,23)/t12-,13-/m1/s1. The molecular formula is C19H19N3OS. The van der Waals surface area contributed by atoms with E-state index in [1.165, 1.54) is 29.6 Å². The van der Waals surface area contributed by atoms with Gasteiger partial charge in [0.15, 0.2) is 0 Å². The summed E-state index contributed by atoms with van der Waals surface area (Å²) in [6.45, 7) is 3.37. The maximum absolute atomic E-state index is 12.6. The zero-order valence-corrected chi connectivity index (χ0v) is 14.2. The first-order valence-electron chi connectivity index (χ1n) is 8.57. The summed E-state index contributed by atoms with van der Waals surface area (Å²) in [5, 5.41) is 5.55. The largest absolute Gasteiger partial charge is 0.347 e. The molecule has 0 saturated carbocycles. The highest BCUT2D eigenvalue weighted by Crippen LogP contribution is 2.33. The molecule has 0 aliphatic carbocycles. The van der Waals surface area contributed by atoms with Crippen molar-refractivity contribution in [2.24, 2.45) is 5.92 Å². The normalized spacial score (nSPS) is 26.1. The van der Waals surface area contributed by atoms with E-state index in [-0.39, 0.29) is 11.9 Å². The van der Waals surface area contributed by atoms with Crippen molar-refractivity contribution in [2.45, 2.75) is 18.9 Å². The van der Waals surface area contributed by atoms with Gasteiger partial charge in [0, 0.05) is 45.5 Å².